The van der Waals surface area contributed by atoms with Crippen molar-refractivity contribution < 1.29 is 0 Å². The van der Waals surface area contributed by atoms with Gasteiger partial charge in [-0.1, -0.05) is 30.4 Å². The summed E-state index contributed by atoms with van der Waals surface area (Å²) in [6.07, 6.45) is 10.6. The van der Waals surface area contributed by atoms with Crippen LogP contribution in [0.4, 0.5) is 0 Å². The van der Waals surface area contributed by atoms with Gasteiger partial charge in [0.15, 0.2) is 0 Å². The van der Waals surface area contributed by atoms with Gasteiger partial charge >= 0.3 is 0 Å². The zero-order valence-corrected chi connectivity index (χ0v) is 9.22. The summed E-state index contributed by atoms with van der Waals surface area (Å²) in [6, 6.07) is 6.77. The van der Waals surface area contributed by atoms with Crippen LogP contribution in [0.5, 0.6) is 0 Å². The minimum Gasteiger partial charge on any atom is -0.0768 e. The molecule has 0 unspecified atom stereocenters. The van der Waals surface area contributed by atoms with Crippen LogP contribution in [-0.2, 0) is 5.41 Å². The zero-order valence-electron chi connectivity index (χ0n) is 9.22. The molecule has 0 atom stereocenters. The summed E-state index contributed by atoms with van der Waals surface area (Å²) in [5.41, 5.74) is 5.85. The smallest absolute Gasteiger partial charge is 0.00532 e. The van der Waals surface area contributed by atoms with Crippen LogP contribution in [0.25, 0.3) is 6.08 Å². The maximum Gasteiger partial charge on any atom is 0.00532 e. The minimum absolute atomic E-state index is 0.572. The quantitative estimate of drug-likeness (QED) is 0.591. The molecule has 2 spiro atoms. The Balaban J connectivity index is 2.03. The van der Waals surface area contributed by atoms with E-state index in [1.165, 1.54) is 36.8 Å². The number of fused-ring (bicyclic) bond motifs is 3. The molecule has 0 saturated heterocycles. The van der Waals surface area contributed by atoms with Crippen molar-refractivity contribution in [3.8, 4) is 0 Å². The van der Waals surface area contributed by atoms with E-state index >= 15 is 0 Å². The van der Waals surface area contributed by atoms with Crippen LogP contribution in [0.3, 0.4) is 0 Å². The lowest BCUT2D eigenvalue weighted by Gasteiger charge is -2.31. The fourth-order valence-electron chi connectivity index (χ4n) is 3.79. The molecule has 0 bridgehead atoms. The Morgan fingerprint density at radius 3 is 2.53 bits per heavy atom. The molecule has 0 aromatic heterocycles. The van der Waals surface area contributed by atoms with E-state index in [4.69, 9.17) is 0 Å². The first-order valence-electron chi connectivity index (χ1n) is 6.07. The summed E-state index contributed by atoms with van der Waals surface area (Å²) in [4.78, 5) is 0. The molecule has 0 aliphatic heterocycles. The van der Waals surface area contributed by atoms with Crippen molar-refractivity contribution in [3.63, 3.8) is 0 Å². The molecule has 0 amide bonds. The van der Waals surface area contributed by atoms with Crippen molar-refractivity contribution >= 4 is 6.08 Å². The lowest BCUT2D eigenvalue weighted by molar-refractivity contribution is 0.465. The molecule has 0 radical (unpaired) electrons. The second-order valence-corrected chi connectivity index (χ2v) is 5.61. The van der Waals surface area contributed by atoms with E-state index in [0.29, 0.717) is 10.8 Å². The zero-order chi connectivity index (χ0) is 10.1. The van der Waals surface area contributed by atoms with Gasteiger partial charge in [-0.25, -0.2) is 0 Å². The van der Waals surface area contributed by atoms with Crippen molar-refractivity contribution in [1.29, 1.82) is 0 Å². The molecule has 0 N–H and O–H groups in total. The van der Waals surface area contributed by atoms with Gasteiger partial charge in [0.1, 0.15) is 0 Å². The van der Waals surface area contributed by atoms with Crippen LogP contribution < -0.4 is 0 Å². The van der Waals surface area contributed by atoms with E-state index in [9.17, 15) is 0 Å². The molecule has 1 aromatic carbocycles. The topological polar surface area (TPSA) is 0 Å². The summed E-state index contributed by atoms with van der Waals surface area (Å²) >= 11 is 0. The predicted octanol–water partition coefficient (Wildman–Crippen LogP) is 3.83. The highest BCUT2D eigenvalue weighted by Crippen LogP contribution is 2.73. The van der Waals surface area contributed by atoms with E-state index in [1.54, 1.807) is 5.56 Å². The van der Waals surface area contributed by atoms with Crippen molar-refractivity contribution in [3.05, 3.63) is 41.0 Å². The van der Waals surface area contributed by atoms with E-state index < -0.39 is 0 Å². The van der Waals surface area contributed by atoms with Crippen LogP contribution >= 0.6 is 0 Å². The van der Waals surface area contributed by atoms with Gasteiger partial charge in [-0.15, -0.1) is 0 Å². The average molecular weight is 196 g/mol. The molecule has 3 aliphatic rings. The van der Waals surface area contributed by atoms with Crippen LogP contribution in [0.15, 0.2) is 24.3 Å². The number of hydrogen-bond acceptors (Lipinski definition) is 0. The monoisotopic (exact) mass is 196 g/mol. The van der Waals surface area contributed by atoms with Crippen molar-refractivity contribution in [1.82, 2.24) is 0 Å². The van der Waals surface area contributed by atoms with Gasteiger partial charge in [0.05, 0.1) is 0 Å². The molecule has 3 aliphatic carbocycles. The van der Waals surface area contributed by atoms with Gasteiger partial charge in [-0.05, 0) is 54.7 Å². The number of rotatable bonds is 0. The standard InChI is InChI=1S/C15H16/c1-11-3-2-4-12-5-6-14(7-8-14)15(9-10-15)13(11)12/h2-6H,7-10H2,1H3. The fourth-order valence-corrected chi connectivity index (χ4v) is 3.79. The van der Waals surface area contributed by atoms with Gasteiger partial charge in [0.25, 0.3) is 0 Å². The maximum absolute atomic E-state index is 2.52. The third-order valence-corrected chi connectivity index (χ3v) is 4.86. The third kappa shape index (κ3) is 0.806. The van der Waals surface area contributed by atoms with E-state index in [2.05, 4.69) is 37.3 Å². The number of hydrogen-bond donors (Lipinski definition) is 0. The molecule has 2 fully saturated rings. The fraction of sp³-hybridized carbons (Fsp3) is 0.467. The number of allylic oxidation sites excluding steroid dienone is 1. The highest BCUT2D eigenvalue weighted by molar-refractivity contribution is 5.67. The Labute approximate surface area is 91.0 Å². The molecule has 76 valence electrons. The minimum atomic E-state index is 0.572. The summed E-state index contributed by atoms with van der Waals surface area (Å²) in [7, 11) is 0. The van der Waals surface area contributed by atoms with Crippen LogP contribution in [-0.4, -0.2) is 0 Å². The van der Waals surface area contributed by atoms with Crippen molar-refractivity contribution in [2.24, 2.45) is 5.41 Å². The summed E-state index contributed by atoms with van der Waals surface area (Å²) < 4.78 is 0. The largest absolute Gasteiger partial charge is 0.0768 e. The van der Waals surface area contributed by atoms with Crippen molar-refractivity contribution in [2.75, 3.05) is 0 Å². The van der Waals surface area contributed by atoms with E-state index in [-0.39, 0.29) is 0 Å². The Morgan fingerprint density at radius 2 is 1.87 bits per heavy atom. The molecular weight excluding hydrogens is 180 g/mol. The predicted molar refractivity (Wildman–Crippen MR) is 62.8 cm³/mol. The SMILES string of the molecule is Cc1cccc2c1C1(CC1)C1(C=C2)CC1. The Hall–Kier alpha value is -1.04. The average Bonchev–Trinajstić information content (AvgIpc) is 3.08. The molecule has 0 heteroatoms. The molecule has 4 rings (SSSR count). The molecule has 1 aromatic rings. The van der Waals surface area contributed by atoms with Crippen LogP contribution in [0.2, 0.25) is 0 Å². The number of benzene rings is 1. The Kier molecular flexibility index (Phi) is 1.20. The summed E-state index contributed by atoms with van der Waals surface area (Å²) in [6.45, 7) is 2.29. The maximum atomic E-state index is 2.52. The van der Waals surface area contributed by atoms with E-state index in [1.807, 2.05) is 0 Å². The number of aryl methyl sites for hydroxylation is 1. The van der Waals surface area contributed by atoms with Crippen molar-refractivity contribution in [2.45, 2.75) is 38.0 Å². The van der Waals surface area contributed by atoms with Gasteiger partial charge in [-0.3, -0.25) is 0 Å². The molecule has 15 heavy (non-hydrogen) atoms. The molecule has 2 saturated carbocycles. The third-order valence-electron chi connectivity index (χ3n) is 4.86. The molecular formula is C15H16. The summed E-state index contributed by atoms with van der Waals surface area (Å²) in [5, 5.41) is 0. The first-order valence-corrected chi connectivity index (χ1v) is 6.07. The molecule has 0 heterocycles. The lowest BCUT2D eigenvalue weighted by atomic mass is 9.72. The first kappa shape index (κ1) is 8.15. The second-order valence-electron chi connectivity index (χ2n) is 5.61. The Morgan fingerprint density at radius 1 is 1.07 bits per heavy atom. The lowest BCUT2D eigenvalue weighted by Crippen LogP contribution is -2.25. The highest BCUT2D eigenvalue weighted by atomic mass is 14.7. The Bertz CT molecular complexity index is 471. The van der Waals surface area contributed by atoms with Gasteiger partial charge < -0.3 is 0 Å². The summed E-state index contributed by atoms with van der Waals surface area (Å²) in [5.74, 6) is 0. The first-order chi connectivity index (χ1) is 7.28. The van der Waals surface area contributed by atoms with Crippen LogP contribution in [0, 0.1) is 12.3 Å². The second kappa shape index (κ2) is 2.21. The van der Waals surface area contributed by atoms with Gasteiger partial charge in [0, 0.05) is 5.41 Å². The van der Waals surface area contributed by atoms with Gasteiger partial charge in [-0.2, -0.15) is 0 Å². The van der Waals surface area contributed by atoms with Crippen LogP contribution in [0.1, 0.15) is 42.4 Å². The molecule has 0 nitrogen and oxygen atoms in total. The normalized spacial score (nSPS) is 26.7. The highest BCUT2D eigenvalue weighted by Gasteiger charge is 2.66. The van der Waals surface area contributed by atoms with Gasteiger partial charge in [0.2, 0.25) is 0 Å². The van der Waals surface area contributed by atoms with E-state index in [0.717, 1.165) is 0 Å².